The standard InChI is InChI=1S/C10H14N2O2S/c1-15(13,14)9-4-2-3-8(10(9)11)12-7-5-6-7/h2-4,7,12H,5-6,11H2,1H3. The molecule has 82 valence electrons. The minimum atomic E-state index is -3.24. The predicted octanol–water partition coefficient (Wildman–Crippen LogP) is 1.25. The van der Waals surface area contributed by atoms with Crippen LogP contribution in [0.3, 0.4) is 0 Å². The van der Waals surface area contributed by atoms with Crippen molar-refractivity contribution in [2.45, 2.75) is 23.8 Å². The monoisotopic (exact) mass is 226 g/mol. The molecule has 1 aromatic carbocycles. The minimum Gasteiger partial charge on any atom is -0.396 e. The van der Waals surface area contributed by atoms with E-state index in [4.69, 9.17) is 5.73 Å². The number of benzene rings is 1. The van der Waals surface area contributed by atoms with Gasteiger partial charge in [0.2, 0.25) is 0 Å². The van der Waals surface area contributed by atoms with Crippen molar-refractivity contribution in [2.24, 2.45) is 0 Å². The Morgan fingerprint density at radius 3 is 2.60 bits per heavy atom. The van der Waals surface area contributed by atoms with Crippen LogP contribution in [0.5, 0.6) is 0 Å². The molecule has 1 aliphatic rings. The van der Waals surface area contributed by atoms with Gasteiger partial charge in [0.25, 0.3) is 0 Å². The largest absolute Gasteiger partial charge is 0.396 e. The molecule has 1 saturated carbocycles. The van der Waals surface area contributed by atoms with Crippen LogP contribution in [0, 0.1) is 0 Å². The third-order valence-electron chi connectivity index (χ3n) is 2.40. The van der Waals surface area contributed by atoms with Crippen molar-refractivity contribution in [3.8, 4) is 0 Å². The quantitative estimate of drug-likeness (QED) is 0.761. The molecule has 0 heterocycles. The summed E-state index contributed by atoms with van der Waals surface area (Å²) in [7, 11) is -3.24. The summed E-state index contributed by atoms with van der Waals surface area (Å²) in [5, 5.41) is 3.21. The molecule has 0 atom stereocenters. The molecule has 5 heteroatoms. The van der Waals surface area contributed by atoms with Gasteiger partial charge in [0.15, 0.2) is 9.84 Å². The van der Waals surface area contributed by atoms with E-state index < -0.39 is 9.84 Å². The van der Waals surface area contributed by atoms with Crippen molar-refractivity contribution in [2.75, 3.05) is 17.3 Å². The zero-order valence-corrected chi connectivity index (χ0v) is 9.34. The molecule has 0 spiro atoms. The maximum atomic E-state index is 11.4. The maximum absolute atomic E-state index is 11.4. The van der Waals surface area contributed by atoms with Crippen LogP contribution >= 0.6 is 0 Å². The van der Waals surface area contributed by atoms with E-state index >= 15 is 0 Å². The van der Waals surface area contributed by atoms with Gasteiger partial charge < -0.3 is 11.1 Å². The highest BCUT2D eigenvalue weighted by molar-refractivity contribution is 7.90. The van der Waals surface area contributed by atoms with Crippen LogP contribution < -0.4 is 11.1 Å². The summed E-state index contributed by atoms with van der Waals surface area (Å²) in [6.07, 6.45) is 3.42. The summed E-state index contributed by atoms with van der Waals surface area (Å²) >= 11 is 0. The van der Waals surface area contributed by atoms with Crippen LogP contribution in [-0.4, -0.2) is 20.7 Å². The third kappa shape index (κ3) is 2.23. The molecule has 1 aliphatic carbocycles. The van der Waals surface area contributed by atoms with Crippen molar-refractivity contribution < 1.29 is 8.42 Å². The molecule has 3 N–H and O–H groups in total. The van der Waals surface area contributed by atoms with Crippen molar-refractivity contribution >= 4 is 21.2 Å². The molecule has 2 rings (SSSR count). The van der Waals surface area contributed by atoms with Gasteiger partial charge in [-0.2, -0.15) is 0 Å². The van der Waals surface area contributed by atoms with Crippen molar-refractivity contribution in [3.05, 3.63) is 18.2 Å². The lowest BCUT2D eigenvalue weighted by Gasteiger charge is -2.10. The Hall–Kier alpha value is -1.23. The van der Waals surface area contributed by atoms with Gasteiger partial charge in [-0.1, -0.05) is 6.07 Å². The molecule has 0 aliphatic heterocycles. The number of anilines is 2. The van der Waals surface area contributed by atoms with E-state index in [0.29, 0.717) is 11.7 Å². The van der Waals surface area contributed by atoms with E-state index in [-0.39, 0.29) is 4.90 Å². The summed E-state index contributed by atoms with van der Waals surface area (Å²) in [6, 6.07) is 5.50. The molecule has 1 fully saturated rings. The van der Waals surface area contributed by atoms with E-state index in [0.717, 1.165) is 18.5 Å². The molecule has 15 heavy (non-hydrogen) atoms. The molecular weight excluding hydrogens is 212 g/mol. The highest BCUT2D eigenvalue weighted by Crippen LogP contribution is 2.31. The Bertz CT molecular complexity index is 478. The number of nitrogens with two attached hydrogens (primary N) is 1. The molecule has 0 saturated heterocycles. The first-order valence-corrected chi connectivity index (χ1v) is 6.72. The minimum absolute atomic E-state index is 0.202. The smallest absolute Gasteiger partial charge is 0.177 e. The van der Waals surface area contributed by atoms with E-state index in [1.165, 1.54) is 12.3 Å². The Morgan fingerprint density at radius 2 is 2.07 bits per heavy atom. The number of nitrogens with one attached hydrogen (secondary N) is 1. The molecule has 0 aromatic heterocycles. The summed E-state index contributed by atoms with van der Waals surface area (Å²) in [4.78, 5) is 0.202. The lowest BCUT2D eigenvalue weighted by atomic mass is 10.2. The van der Waals surface area contributed by atoms with Gasteiger partial charge in [0.1, 0.15) is 0 Å². The molecule has 1 aromatic rings. The van der Waals surface area contributed by atoms with Gasteiger partial charge in [0.05, 0.1) is 16.3 Å². The van der Waals surface area contributed by atoms with Crippen LogP contribution in [0.1, 0.15) is 12.8 Å². The second-order valence-electron chi connectivity index (χ2n) is 3.91. The van der Waals surface area contributed by atoms with Crippen molar-refractivity contribution in [1.82, 2.24) is 0 Å². The predicted molar refractivity (Wildman–Crippen MR) is 60.6 cm³/mol. The van der Waals surface area contributed by atoms with Gasteiger partial charge in [-0.05, 0) is 25.0 Å². The Morgan fingerprint density at radius 1 is 1.40 bits per heavy atom. The van der Waals surface area contributed by atoms with Crippen molar-refractivity contribution in [3.63, 3.8) is 0 Å². The lowest BCUT2D eigenvalue weighted by molar-refractivity contribution is 0.602. The second-order valence-corrected chi connectivity index (χ2v) is 5.89. The first-order chi connectivity index (χ1) is 6.98. The highest BCUT2D eigenvalue weighted by atomic mass is 32.2. The SMILES string of the molecule is CS(=O)(=O)c1cccc(NC2CC2)c1N. The zero-order valence-electron chi connectivity index (χ0n) is 8.53. The summed E-state index contributed by atoms with van der Waals surface area (Å²) < 4.78 is 22.8. The van der Waals surface area contributed by atoms with Crippen LogP contribution in [0.4, 0.5) is 11.4 Å². The molecular formula is C10H14N2O2S. The number of para-hydroxylation sites is 1. The Labute approximate surface area is 89.4 Å². The van der Waals surface area contributed by atoms with E-state index in [1.54, 1.807) is 6.07 Å². The van der Waals surface area contributed by atoms with Crippen LogP contribution in [-0.2, 0) is 9.84 Å². The van der Waals surface area contributed by atoms with E-state index in [1.807, 2.05) is 6.07 Å². The average molecular weight is 226 g/mol. The van der Waals surface area contributed by atoms with Crippen molar-refractivity contribution in [1.29, 1.82) is 0 Å². The number of hydrogen-bond acceptors (Lipinski definition) is 4. The van der Waals surface area contributed by atoms with Gasteiger partial charge in [0, 0.05) is 12.3 Å². The Kier molecular flexibility index (Phi) is 2.34. The summed E-state index contributed by atoms with van der Waals surface area (Å²) in [5.74, 6) is 0. The number of sulfone groups is 1. The first kappa shape index (κ1) is 10.3. The van der Waals surface area contributed by atoms with Gasteiger partial charge in [-0.25, -0.2) is 8.42 Å². The zero-order chi connectivity index (χ0) is 11.1. The fourth-order valence-corrected chi connectivity index (χ4v) is 2.28. The maximum Gasteiger partial charge on any atom is 0.177 e. The number of rotatable bonds is 3. The number of nitrogen functional groups attached to an aromatic ring is 1. The van der Waals surface area contributed by atoms with Crippen LogP contribution in [0.25, 0.3) is 0 Å². The molecule has 0 unspecified atom stereocenters. The number of hydrogen-bond donors (Lipinski definition) is 2. The molecule has 0 bridgehead atoms. The normalized spacial score (nSPS) is 16.3. The fraction of sp³-hybridized carbons (Fsp3) is 0.400. The van der Waals surface area contributed by atoms with Gasteiger partial charge in [-0.15, -0.1) is 0 Å². The van der Waals surface area contributed by atoms with Gasteiger partial charge >= 0.3 is 0 Å². The lowest BCUT2D eigenvalue weighted by Crippen LogP contribution is -2.08. The first-order valence-electron chi connectivity index (χ1n) is 4.83. The summed E-state index contributed by atoms with van der Waals surface area (Å²) in [5.41, 5.74) is 6.85. The summed E-state index contributed by atoms with van der Waals surface area (Å²) in [6.45, 7) is 0. The second kappa shape index (κ2) is 3.41. The molecule has 0 amide bonds. The van der Waals surface area contributed by atoms with E-state index in [9.17, 15) is 8.42 Å². The van der Waals surface area contributed by atoms with Crippen LogP contribution in [0.15, 0.2) is 23.1 Å². The highest BCUT2D eigenvalue weighted by Gasteiger charge is 2.23. The third-order valence-corrected chi connectivity index (χ3v) is 3.56. The van der Waals surface area contributed by atoms with Crippen LogP contribution in [0.2, 0.25) is 0 Å². The average Bonchev–Trinajstić information content (AvgIpc) is 2.90. The fourth-order valence-electron chi connectivity index (χ4n) is 1.44. The van der Waals surface area contributed by atoms with E-state index in [2.05, 4.69) is 5.32 Å². The topological polar surface area (TPSA) is 72.2 Å². The molecule has 4 nitrogen and oxygen atoms in total. The molecule has 0 radical (unpaired) electrons. The Balaban J connectivity index is 2.40. The van der Waals surface area contributed by atoms with Gasteiger partial charge in [-0.3, -0.25) is 0 Å².